The molecule has 1 aliphatic heterocycles. The fourth-order valence-electron chi connectivity index (χ4n) is 4.69. The summed E-state index contributed by atoms with van der Waals surface area (Å²) in [4.78, 5) is 19.5. The zero-order valence-corrected chi connectivity index (χ0v) is 21.5. The second kappa shape index (κ2) is 10.9. The largest absolute Gasteiger partial charge is 0.333 e. The number of hydrogen-bond donors (Lipinski definition) is 1. The van der Waals surface area contributed by atoms with E-state index >= 15 is 0 Å². The van der Waals surface area contributed by atoms with Crippen LogP contribution in [0.5, 0.6) is 0 Å². The fraction of sp³-hybridized carbons (Fsp3) is 0.179. The van der Waals surface area contributed by atoms with Gasteiger partial charge in [0.15, 0.2) is 0 Å². The number of carbonyl (C=O) groups excluding carboxylic acids is 1. The summed E-state index contributed by atoms with van der Waals surface area (Å²) in [7, 11) is 0. The number of fused-ring (bicyclic) bond motifs is 3. The number of aromatic nitrogens is 2. The summed E-state index contributed by atoms with van der Waals surface area (Å²) in [5.41, 5.74) is 4.31. The van der Waals surface area contributed by atoms with Gasteiger partial charge in [-0.15, -0.1) is 0 Å². The molecule has 0 unspecified atom stereocenters. The summed E-state index contributed by atoms with van der Waals surface area (Å²) in [6.07, 6.45) is 5.68. The topological polar surface area (TPSA) is 74.0 Å². The van der Waals surface area contributed by atoms with E-state index in [2.05, 4.69) is 21.3 Å². The molecule has 0 saturated heterocycles. The molecular formula is C28H21Cl2F2N5O. The molecule has 1 aliphatic rings. The molecular weight excluding hydrogens is 531 g/mol. The van der Waals surface area contributed by atoms with Crippen LogP contribution in [-0.4, -0.2) is 33.6 Å². The molecule has 2 aromatic heterocycles. The first-order chi connectivity index (χ1) is 18.3. The van der Waals surface area contributed by atoms with Crippen LogP contribution in [0.3, 0.4) is 0 Å². The van der Waals surface area contributed by atoms with Crippen molar-refractivity contribution in [2.45, 2.75) is 19.5 Å². The van der Waals surface area contributed by atoms with Crippen LogP contribution in [0.2, 0.25) is 10.2 Å². The van der Waals surface area contributed by atoms with Crippen LogP contribution in [-0.2, 0) is 19.5 Å². The van der Waals surface area contributed by atoms with Crippen molar-refractivity contribution < 1.29 is 13.6 Å². The second-order valence-corrected chi connectivity index (χ2v) is 9.70. The highest BCUT2D eigenvalue weighted by Crippen LogP contribution is 2.32. The maximum atomic E-state index is 13.8. The minimum absolute atomic E-state index is 0.269. The molecule has 10 heteroatoms. The van der Waals surface area contributed by atoms with Crippen molar-refractivity contribution in [1.82, 2.24) is 19.8 Å². The molecule has 38 heavy (non-hydrogen) atoms. The van der Waals surface area contributed by atoms with E-state index in [0.717, 1.165) is 27.7 Å². The molecule has 0 atom stereocenters. The molecule has 3 heterocycles. The zero-order chi connectivity index (χ0) is 26.8. The van der Waals surface area contributed by atoms with Gasteiger partial charge >= 0.3 is 6.03 Å². The first-order valence-corrected chi connectivity index (χ1v) is 12.6. The number of pyridine rings is 1. The number of carbonyl (C=O) groups is 1. The van der Waals surface area contributed by atoms with Gasteiger partial charge in [0, 0.05) is 49.9 Å². The first kappa shape index (κ1) is 25.9. The number of nitrogens with one attached hydrogen (secondary N) is 1. The van der Waals surface area contributed by atoms with E-state index < -0.39 is 16.7 Å². The number of nitriles is 1. The number of amides is 1. The lowest BCUT2D eigenvalue weighted by atomic mass is 10.0. The number of nitrogens with zero attached hydrogens (tertiary/aromatic N) is 4. The fourth-order valence-corrected chi connectivity index (χ4v) is 5.00. The van der Waals surface area contributed by atoms with Gasteiger partial charge in [0.25, 0.3) is 0 Å². The van der Waals surface area contributed by atoms with E-state index in [-0.39, 0.29) is 12.6 Å². The van der Waals surface area contributed by atoms with Gasteiger partial charge in [-0.1, -0.05) is 35.4 Å². The quantitative estimate of drug-likeness (QED) is 0.232. The summed E-state index contributed by atoms with van der Waals surface area (Å²) in [6.45, 7) is 2.05. The van der Waals surface area contributed by atoms with Crippen molar-refractivity contribution in [3.8, 4) is 6.07 Å². The van der Waals surface area contributed by atoms with Crippen LogP contribution in [0.1, 0.15) is 27.9 Å². The van der Waals surface area contributed by atoms with Gasteiger partial charge in [0.2, 0.25) is 0 Å². The Balaban J connectivity index is 1.39. The third-order valence-corrected chi connectivity index (χ3v) is 7.04. The number of hydrogen-bond acceptors (Lipinski definition) is 4. The van der Waals surface area contributed by atoms with Gasteiger partial charge in [0.05, 0.1) is 17.1 Å². The van der Waals surface area contributed by atoms with Gasteiger partial charge in [-0.2, -0.15) is 5.26 Å². The van der Waals surface area contributed by atoms with Gasteiger partial charge in [-0.3, -0.25) is 9.47 Å². The van der Waals surface area contributed by atoms with Gasteiger partial charge < -0.3 is 5.32 Å². The van der Waals surface area contributed by atoms with Gasteiger partial charge in [-0.05, 0) is 59.2 Å². The lowest BCUT2D eigenvalue weighted by molar-refractivity contribution is 0.240. The Morgan fingerprint density at radius 3 is 2.68 bits per heavy atom. The second-order valence-electron chi connectivity index (χ2n) is 8.94. The molecule has 0 spiro atoms. The predicted octanol–water partition coefficient (Wildman–Crippen LogP) is 6.32. The number of halogens is 4. The highest BCUT2D eigenvalue weighted by Gasteiger charge is 2.26. The Hall–Kier alpha value is -3.77. The smallest absolute Gasteiger partial charge is 0.326 e. The van der Waals surface area contributed by atoms with Crippen LogP contribution >= 0.6 is 23.2 Å². The number of benzene rings is 2. The summed E-state index contributed by atoms with van der Waals surface area (Å²) in [5.74, 6) is -1.61. The van der Waals surface area contributed by atoms with Gasteiger partial charge in [-0.25, -0.2) is 18.6 Å². The third-order valence-electron chi connectivity index (χ3n) is 6.47. The van der Waals surface area contributed by atoms with E-state index in [1.165, 1.54) is 12.1 Å². The Morgan fingerprint density at radius 2 is 1.95 bits per heavy atom. The van der Waals surface area contributed by atoms with Crippen LogP contribution < -0.4 is 5.32 Å². The minimum Gasteiger partial charge on any atom is -0.333 e. The van der Waals surface area contributed by atoms with Crippen LogP contribution in [0.15, 0.2) is 54.7 Å². The molecule has 4 aromatic rings. The third kappa shape index (κ3) is 5.27. The lowest BCUT2D eigenvalue weighted by Gasteiger charge is -2.27. The summed E-state index contributed by atoms with van der Waals surface area (Å²) < 4.78 is 29.2. The average Bonchev–Trinajstić information content (AvgIpc) is 3.23. The maximum Gasteiger partial charge on any atom is 0.326 e. The van der Waals surface area contributed by atoms with E-state index in [0.29, 0.717) is 42.3 Å². The molecule has 1 N–H and O–H groups in total. The monoisotopic (exact) mass is 551 g/mol. The molecule has 0 aliphatic carbocycles. The van der Waals surface area contributed by atoms with E-state index in [9.17, 15) is 18.8 Å². The van der Waals surface area contributed by atoms with E-state index in [1.807, 2.05) is 6.08 Å². The van der Waals surface area contributed by atoms with Crippen molar-refractivity contribution in [1.29, 1.82) is 5.26 Å². The standard InChI is InChI=1S/C28H21Cl2F2N5O/c29-26-13-19(5-7-34-26)15-35-28(38)37-24-4-3-18(14-33)10-20(24)21-16-36(9-6-25(21)37)8-1-2-17-11-22(31)27(30)23(32)12-17/h1-5,7,10-13H,6,8-9,15-16H2,(H,35,38)/b2-1+. The SMILES string of the molecule is N#Cc1ccc2c(c1)c1c(n2C(=O)NCc2ccnc(Cl)c2)CCN(C/C=C/c2cc(F)c(Cl)c(F)c2)C1. The number of rotatable bonds is 5. The van der Waals surface area contributed by atoms with Crippen molar-refractivity contribution in [2.24, 2.45) is 0 Å². The van der Waals surface area contributed by atoms with Crippen molar-refractivity contribution >= 4 is 46.2 Å². The molecule has 0 bridgehead atoms. The molecule has 1 amide bonds. The molecule has 2 aromatic carbocycles. The van der Waals surface area contributed by atoms with Crippen LogP contribution in [0, 0.1) is 23.0 Å². The average molecular weight is 552 g/mol. The minimum atomic E-state index is -0.805. The Morgan fingerprint density at radius 1 is 1.16 bits per heavy atom. The molecule has 0 fully saturated rings. The van der Waals surface area contributed by atoms with Crippen molar-refractivity contribution in [3.63, 3.8) is 0 Å². The molecule has 5 rings (SSSR count). The Bertz CT molecular complexity index is 1600. The van der Waals surface area contributed by atoms with Gasteiger partial charge in [0.1, 0.15) is 21.8 Å². The molecule has 0 saturated carbocycles. The highest BCUT2D eigenvalue weighted by atomic mass is 35.5. The summed E-state index contributed by atoms with van der Waals surface area (Å²) in [5, 5.41) is 13.1. The van der Waals surface area contributed by atoms with Crippen LogP contribution in [0.4, 0.5) is 13.6 Å². The maximum absolute atomic E-state index is 13.8. The lowest BCUT2D eigenvalue weighted by Crippen LogP contribution is -2.34. The molecule has 6 nitrogen and oxygen atoms in total. The predicted molar refractivity (Wildman–Crippen MR) is 143 cm³/mol. The summed E-state index contributed by atoms with van der Waals surface area (Å²) >= 11 is 11.5. The Kier molecular flexibility index (Phi) is 7.43. The summed E-state index contributed by atoms with van der Waals surface area (Å²) in [6, 6.07) is 13.1. The zero-order valence-electron chi connectivity index (χ0n) is 20.0. The Labute approximate surface area is 227 Å². The highest BCUT2D eigenvalue weighted by molar-refractivity contribution is 6.31. The molecule has 192 valence electrons. The normalized spacial score (nSPS) is 13.6. The van der Waals surface area contributed by atoms with Crippen molar-refractivity contribution in [3.05, 3.63) is 104 Å². The first-order valence-electron chi connectivity index (χ1n) is 11.8. The van der Waals surface area contributed by atoms with E-state index in [1.54, 1.807) is 47.2 Å². The van der Waals surface area contributed by atoms with Crippen LogP contribution in [0.25, 0.3) is 17.0 Å². The molecule has 0 radical (unpaired) electrons. The van der Waals surface area contributed by atoms with E-state index in [4.69, 9.17) is 23.2 Å². The van der Waals surface area contributed by atoms with Crippen molar-refractivity contribution in [2.75, 3.05) is 13.1 Å².